The van der Waals surface area contributed by atoms with Crippen LogP contribution < -0.4 is 0 Å². The maximum absolute atomic E-state index is 12.6. The highest BCUT2D eigenvalue weighted by atomic mass is 16.6. The number of esters is 1. The van der Waals surface area contributed by atoms with Crippen molar-refractivity contribution in [2.24, 2.45) is 0 Å². The first kappa shape index (κ1) is 29.0. The minimum atomic E-state index is -0.811. The molecule has 0 saturated heterocycles. The van der Waals surface area contributed by atoms with Crippen LogP contribution in [0, 0.1) is 0 Å². The minimum Gasteiger partial charge on any atom is -0.456 e. The van der Waals surface area contributed by atoms with Gasteiger partial charge in [0, 0.05) is 0 Å². The summed E-state index contributed by atoms with van der Waals surface area (Å²) in [6.45, 7) is 6.72. The van der Waals surface area contributed by atoms with E-state index in [-0.39, 0.29) is 18.7 Å². The third-order valence-electron chi connectivity index (χ3n) is 7.18. The van der Waals surface area contributed by atoms with Gasteiger partial charge in [0.05, 0.1) is 13.2 Å². The van der Waals surface area contributed by atoms with E-state index in [4.69, 9.17) is 14.2 Å². The Bertz CT molecular complexity index is 1250. The molecule has 0 radical (unpaired) electrons. The topological polar surface area (TPSA) is 44.8 Å². The fourth-order valence-electron chi connectivity index (χ4n) is 4.87. The molecule has 4 aromatic carbocycles. The number of carbonyl (C=O) groups is 1. The Balaban J connectivity index is 1.54. The third kappa shape index (κ3) is 7.15. The molecule has 0 N–H and O–H groups in total. The van der Waals surface area contributed by atoms with Gasteiger partial charge in [0.15, 0.2) is 0 Å². The molecule has 0 heterocycles. The number of carbonyl (C=O) groups excluding carboxylic acids is 1. The van der Waals surface area contributed by atoms with Crippen molar-refractivity contribution in [2.75, 3.05) is 13.2 Å². The Kier molecular flexibility index (Phi) is 10.4. The summed E-state index contributed by atoms with van der Waals surface area (Å²) in [5.74, 6) is -0.372. The molecule has 0 saturated carbocycles. The van der Waals surface area contributed by atoms with E-state index in [1.807, 2.05) is 106 Å². The number of benzene rings is 4. The molecule has 0 unspecified atom stereocenters. The van der Waals surface area contributed by atoms with E-state index in [0.717, 1.165) is 33.4 Å². The van der Waals surface area contributed by atoms with E-state index in [0.29, 0.717) is 19.6 Å². The lowest BCUT2D eigenvalue weighted by Gasteiger charge is -2.36. The zero-order valence-electron chi connectivity index (χ0n) is 23.6. The molecule has 0 spiro atoms. The zero-order chi connectivity index (χ0) is 28.2. The van der Waals surface area contributed by atoms with Gasteiger partial charge in [-0.1, -0.05) is 128 Å². The summed E-state index contributed by atoms with van der Waals surface area (Å²) < 4.78 is 18.4. The Hall–Kier alpha value is -3.99. The second-order valence-corrected chi connectivity index (χ2v) is 9.90. The summed E-state index contributed by atoms with van der Waals surface area (Å²) in [6.07, 6.45) is 0.311. The molecule has 0 aliphatic heterocycles. The maximum atomic E-state index is 12.6. The summed E-state index contributed by atoms with van der Waals surface area (Å²) >= 11 is 0. The highest BCUT2D eigenvalue weighted by Crippen LogP contribution is 2.40. The smallest absolute Gasteiger partial charge is 0.332 e. The van der Waals surface area contributed by atoms with Gasteiger partial charge in [0.2, 0.25) is 0 Å². The highest BCUT2D eigenvalue weighted by Gasteiger charge is 2.37. The van der Waals surface area contributed by atoms with Crippen LogP contribution in [0.3, 0.4) is 0 Å². The van der Waals surface area contributed by atoms with Crippen LogP contribution in [-0.2, 0) is 31.2 Å². The van der Waals surface area contributed by atoms with Gasteiger partial charge in [0.1, 0.15) is 18.3 Å². The van der Waals surface area contributed by atoms with Gasteiger partial charge in [0.25, 0.3) is 0 Å². The van der Waals surface area contributed by atoms with E-state index in [9.17, 15) is 4.79 Å². The van der Waals surface area contributed by atoms with E-state index in [2.05, 4.69) is 36.4 Å². The summed E-state index contributed by atoms with van der Waals surface area (Å²) in [4.78, 5) is 12.6. The van der Waals surface area contributed by atoms with E-state index < -0.39 is 5.60 Å². The van der Waals surface area contributed by atoms with Gasteiger partial charge < -0.3 is 14.2 Å². The second kappa shape index (κ2) is 14.4. The van der Waals surface area contributed by atoms with Crippen LogP contribution >= 0.6 is 0 Å². The van der Waals surface area contributed by atoms with E-state index >= 15 is 0 Å². The van der Waals surface area contributed by atoms with Gasteiger partial charge in [-0.25, -0.2) is 4.79 Å². The SMILES string of the molecule is CC[C@@H](OC(=O)COCc1ccccc1)/C(C)=C(\C)COC(c1ccccc1)(c1ccccc1)c1ccccc1. The van der Waals surface area contributed by atoms with Gasteiger partial charge in [-0.05, 0) is 53.7 Å². The van der Waals surface area contributed by atoms with Gasteiger partial charge >= 0.3 is 5.97 Å². The largest absolute Gasteiger partial charge is 0.456 e. The first-order valence-corrected chi connectivity index (χ1v) is 13.8. The fraction of sp³-hybridized carbons (Fsp3) is 0.250. The molecule has 0 fully saturated rings. The molecule has 4 nitrogen and oxygen atoms in total. The number of rotatable bonds is 13. The second-order valence-electron chi connectivity index (χ2n) is 9.90. The minimum absolute atomic E-state index is 0.0899. The first-order chi connectivity index (χ1) is 19.5. The van der Waals surface area contributed by atoms with Gasteiger partial charge in [-0.2, -0.15) is 0 Å². The summed E-state index contributed by atoms with van der Waals surface area (Å²) in [5, 5.41) is 0. The lowest BCUT2D eigenvalue weighted by molar-refractivity contribution is -0.153. The highest BCUT2D eigenvalue weighted by molar-refractivity contribution is 5.71. The van der Waals surface area contributed by atoms with Crippen LogP contribution in [0.25, 0.3) is 0 Å². The van der Waals surface area contributed by atoms with Crippen molar-refractivity contribution in [3.63, 3.8) is 0 Å². The lowest BCUT2D eigenvalue weighted by Crippen LogP contribution is -2.34. The molecular weight excluding hydrogens is 496 g/mol. The first-order valence-electron chi connectivity index (χ1n) is 13.8. The zero-order valence-corrected chi connectivity index (χ0v) is 23.6. The van der Waals surface area contributed by atoms with Gasteiger partial charge in [-0.3, -0.25) is 0 Å². The van der Waals surface area contributed by atoms with Crippen LogP contribution in [0.2, 0.25) is 0 Å². The Morgan fingerprint density at radius 1 is 0.675 bits per heavy atom. The number of hydrogen-bond donors (Lipinski definition) is 0. The van der Waals surface area contributed by atoms with Crippen LogP contribution in [0.1, 0.15) is 49.4 Å². The third-order valence-corrected chi connectivity index (χ3v) is 7.18. The summed E-state index contributed by atoms with van der Waals surface area (Å²) in [7, 11) is 0. The summed E-state index contributed by atoms with van der Waals surface area (Å²) in [6, 6.07) is 40.7. The van der Waals surface area contributed by atoms with Crippen molar-refractivity contribution in [1.29, 1.82) is 0 Å². The predicted molar refractivity (Wildman–Crippen MR) is 160 cm³/mol. The Morgan fingerprint density at radius 2 is 1.12 bits per heavy atom. The van der Waals surface area contributed by atoms with Crippen LogP contribution in [0.15, 0.2) is 132 Å². The molecule has 0 bridgehead atoms. The lowest BCUT2D eigenvalue weighted by atomic mass is 9.80. The average molecular weight is 535 g/mol. The fourth-order valence-corrected chi connectivity index (χ4v) is 4.87. The normalized spacial score (nSPS) is 12.9. The predicted octanol–water partition coefficient (Wildman–Crippen LogP) is 7.87. The van der Waals surface area contributed by atoms with Crippen molar-refractivity contribution >= 4 is 5.97 Å². The quantitative estimate of drug-likeness (QED) is 0.0995. The molecule has 40 heavy (non-hydrogen) atoms. The molecule has 1 atom stereocenters. The molecule has 4 heteroatoms. The van der Waals surface area contributed by atoms with E-state index in [1.54, 1.807) is 0 Å². The molecule has 206 valence electrons. The van der Waals surface area contributed by atoms with Crippen LogP contribution in [-0.4, -0.2) is 25.3 Å². The van der Waals surface area contributed by atoms with E-state index in [1.165, 1.54) is 0 Å². The average Bonchev–Trinajstić information content (AvgIpc) is 3.02. The van der Waals surface area contributed by atoms with Crippen LogP contribution in [0.5, 0.6) is 0 Å². The molecule has 0 aliphatic rings. The number of hydrogen-bond acceptors (Lipinski definition) is 4. The molecule has 0 amide bonds. The molecular formula is C36H38O4. The van der Waals surface area contributed by atoms with Gasteiger partial charge in [-0.15, -0.1) is 0 Å². The maximum Gasteiger partial charge on any atom is 0.332 e. The van der Waals surface area contributed by atoms with Crippen molar-refractivity contribution in [2.45, 2.75) is 45.5 Å². The number of ether oxygens (including phenoxy) is 3. The monoisotopic (exact) mass is 534 g/mol. The molecule has 0 aromatic heterocycles. The Labute approximate surface area is 238 Å². The van der Waals surface area contributed by atoms with Crippen molar-refractivity contribution in [1.82, 2.24) is 0 Å². The molecule has 4 aromatic rings. The Morgan fingerprint density at radius 3 is 1.57 bits per heavy atom. The molecule has 4 rings (SSSR count). The standard InChI is InChI=1S/C36H38O4/c1-4-34(40-35(37)27-38-26-30-17-9-5-10-18-30)29(3)28(2)25-39-36(31-19-11-6-12-20-31,32-21-13-7-14-22-32)33-23-15-8-16-24-33/h5-24,34H,4,25-27H2,1-3H3/b29-28+/t34-/m1/s1. The van der Waals surface area contributed by atoms with Crippen molar-refractivity contribution in [3.05, 3.63) is 155 Å². The van der Waals surface area contributed by atoms with Crippen LogP contribution in [0.4, 0.5) is 0 Å². The van der Waals surface area contributed by atoms with Crippen molar-refractivity contribution in [3.8, 4) is 0 Å². The summed E-state index contributed by atoms with van der Waals surface area (Å²) in [5.41, 5.74) is 5.37. The van der Waals surface area contributed by atoms with Crippen molar-refractivity contribution < 1.29 is 19.0 Å². The molecule has 0 aliphatic carbocycles.